The molecule has 3 aromatic rings. The first-order valence-electron chi connectivity index (χ1n) is 13.3. The Hall–Kier alpha value is -4.00. The van der Waals surface area contributed by atoms with Crippen molar-refractivity contribution in [3.05, 3.63) is 98.6 Å². The Morgan fingerprint density at radius 3 is 2.28 bits per heavy atom. The van der Waals surface area contributed by atoms with Crippen LogP contribution in [0.4, 0.5) is 10.5 Å². The Morgan fingerprint density at radius 2 is 1.70 bits per heavy atom. The number of aliphatic hydroxyl groups excluding tert-OH is 1. The van der Waals surface area contributed by atoms with Crippen molar-refractivity contribution in [1.29, 1.82) is 0 Å². The molecule has 0 fully saturated rings. The number of carbonyl (C=O) groups excluding carboxylic acids is 2. The Morgan fingerprint density at radius 1 is 1.05 bits per heavy atom. The van der Waals surface area contributed by atoms with Gasteiger partial charge in [0.2, 0.25) is 9.84 Å². The van der Waals surface area contributed by atoms with E-state index in [1.165, 1.54) is 24.0 Å². The molecule has 0 aliphatic rings. The fourth-order valence-electron chi connectivity index (χ4n) is 4.06. The molecule has 0 aromatic heterocycles. The predicted molar refractivity (Wildman–Crippen MR) is 159 cm³/mol. The number of rotatable bonds is 11. The second-order valence-corrected chi connectivity index (χ2v) is 12.9. The number of benzene rings is 3. The van der Waals surface area contributed by atoms with Crippen LogP contribution in [0, 0.1) is 10.1 Å². The lowest BCUT2D eigenvalue weighted by Crippen LogP contribution is -2.40. The standard InChI is InChI=1S/C30H33ClN2O9S/c1-5-41-28(35)25-18-24(13-14-26(25)33(37)38)43(39,40)23-11-9-20(10-12-23)15-16-32(29(36)42-30(2,3)4)19-27(34)21-7-6-8-22(31)17-21/h6-14,17-18,27,34H,5,15-16,19H2,1-4H3/t27-/m0/s1. The van der Waals surface area contributed by atoms with Crippen LogP contribution in [0.5, 0.6) is 0 Å². The highest BCUT2D eigenvalue weighted by molar-refractivity contribution is 7.91. The SMILES string of the molecule is CCOC(=O)c1cc(S(=O)(=O)c2ccc(CCN(C[C@H](O)c3cccc(Cl)c3)C(=O)OC(C)(C)C)cc2)ccc1[N+](=O)[O-]. The lowest BCUT2D eigenvalue weighted by Gasteiger charge is -2.29. The number of hydrogen-bond acceptors (Lipinski definition) is 9. The molecule has 3 aromatic carbocycles. The van der Waals surface area contributed by atoms with E-state index < -0.39 is 49.8 Å². The summed E-state index contributed by atoms with van der Waals surface area (Å²) in [5.41, 5.74) is -0.569. The number of carbonyl (C=O) groups is 2. The number of sulfone groups is 1. The van der Waals surface area contributed by atoms with Gasteiger partial charge in [0.25, 0.3) is 5.69 Å². The van der Waals surface area contributed by atoms with Crippen molar-refractivity contribution in [2.24, 2.45) is 0 Å². The zero-order valence-corrected chi connectivity index (χ0v) is 25.7. The molecule has 0 aliphatic carbocycles. The van der Waals surface area contributed by atoms with Gasteiger partial charge < -0.3 is 19.5 Å². The quantitative estimate of drug-likeness (QED) is 0.158. The van der Waals surface area contributed by atoms with E-state index in [-0.39, 0.29) is 29.5 Å². The summed E-state index contributed by atoms with van der Waals surface area (Å²) in [6.45, 7) is 6.77. The van der Waals surface area contributed by atoms with Crippen molar-refractivity contribution in [1.82, 2.24) is 4.90 Å². The van der Waals surface area contributed by atoms with E-state index in [4.69, 9.17) is 21.1 Å². The van der Waals surface area contributed by atoms with Gasteiger partial charge in [0.15, 0.2) is 0 Å². The zero-order valence-electron chi connectivity index (χ0n) is 24.2. The smallest absolute Gasteiger partial charge is 0.410 e. The first-order valence-corrected chi connectivity index (χ1v) is 15.2. The molecular weight excluding hydrogens is 600 g/mol. The fourth-order valence-corrected chi connectivity index (χ4v) is 5.55. The van der Waals surface area contributed by atoms with E-state index in [1.807, 2.05) is 0 Å². The average molecular weight is 633 g/mol. The van der Waals surface area contributed by atoms with Crippen molar-refractivity contribution in [2.45, 2.75) is 55.6 Å². The van der Waals surface area contributed by atoms with Gasteiger partial charge >= 0.3 is 12.1 Å². The van der Waals surface area contributed by atoms with Crippen molar-refractivity contribution in [3.8, 4) is 0 Å². The van der Waals surface area contributed by atoms with Crippen molar-refractivity contribution >= 4 is 39.2 Å². The maximum Gasteiger partial charge on any atom is 0.410 e. The highest BCUT2D eigenvalue weighted by atomic mass is 35.5. The molecule has 3 rings (SSSR count). The number of esters is 1. The molecule has 0 heterocycles. The zero-order chi connectivity index (χ0) is 31.9. The minimum atomic E-state index is -4.14. The largest absolute Gasteiger partial charge is 0.462 e. The number of ether oxygens (including phenoxy) is 2. The molecule has 11 nitrogen and oxygen atoms in total. The maximum absolute atomic E-state index is 13.3. The molecule has 0 aliphatic heterocycles. The lowest BCUT2D eigenvalue weighted by molar-refractivity contribution is -0.385. The first kappa shape index (κ1) is 33.5. The molecule has 13 heteroatoms. The fraction of sp³-hybridized carbons (Fsp3) is 0.333. The van der Waals surface area contributed by atoms with Crippen LogP contribution in [0.3, 0.4) is 0 Å². The predicted octanol–water partition coefficient (Wildman–Crippen LogP) is 5.77. The van der Waals surface area contributed by atoms with Gasteiger partial charge in [0, 0.05) is 17.6 Å². The van der Waals surface area contributed by atoms with Crippen molar-refractivity contribution < 1.29 is 37.5 Å². The molecule has 1 amide bonds. The van der Waals surface area contributed by atoms with E-state index in [1.54, 1.807) is 57.2 Å². The summed E-state index contributed by atoms with van der Waals surface area (Å²) in [4.78, 5) is 36.8. The van der Waals surface area contributed by atoms with Gasteiger partial charge in [-0.2, -0.15) is 0 Å². The number of halogens is 1. The summed E-state index contributed by atoms with van der Waals surface area (Å²) >= 11 is 6.05. The van der Waals surface area contributed by atoms with Gasteiger partial charge in [-0.25, -0.2) is 18.0 Å². The number of nitro groups is 1. The van der Waals surface area contributed by atoms with Crippen molar-refractivity contribution in [2.75, 3.05) is 19.7 Å². The van der Waals surface area contributed by atoms with Gasteiger partial charge in [-0.05, 0) is 81.6 Å². The normalized spacial score (nSPS) is 12.3. The lowest BCUT2D eigenvalue weighted by atomic mass is 10.1. The monoisotopic (exact) mass is 632 g/mol. The van der Waals surface area contributed by atoms with Crippen LogP contribution < -0.4 is 0 Å². The van der Waals surface area contributed by atoms with E-state index in [0.29, 0.717) is 22.6 Å². The molecule has 1 N–H and O–H groups in total. The third kappa shape index (κ3) is 8.99. The van der Waals surface area contributed by atoms with Crippen LogP contribution in [0.2, 0.25) is 5.02 Å². The minimum Gasteiger partial charge on any atom is -0.462 e. The van der Waals surface area contributed by atoms with E-state index >= 15 is 0 Å². The minimum absolute atomic E-state index is 0.0423. The van der Waals surface area contributed by atoms with Crippen LogP contribution >= 0.6 is 11.6 Å². The highest BCUT2D eigenvalue weighted by Crippen LogP contribution is 2.28. The molecule has 0 saturated carbocycles. The molecule has 0 saturated heterocycles. The molecule has 0 unspecified atom stereocenters. The Kier molecular flexibility index (Phi) is 10.9. The van der Waals surface area contributed by atoms with Crippen LogP contribution in [0.1, 0.15) is 55.3 Å². The van der Waals surface area contributed by atoms with Gasteiger partial charge in [-0.15, -0.1) is 0 Å². The molecule has 230 valence electrons. The van der Waals surface area contributed by atoms with Crippen molar-refractivity contribution in [3.63, 3.8) is 0 Å². The summed E-state index contributed by atoms with van der Waals surface area (Å²) in [5, 5.41) is 22.6. The summed E-state index contributed by atoms with van der Waals surface area (Å²) in [6, 6.07) is 15.5. The molecule has 0 spiro atoms. The molecular formula is C30H33ClN2O9S. The van der Waals surface area contributed by atoms with Gasteiger partial charge in [0.1, 0.15) is 11.2 Å². The van der Waals surface area contributed by atoms with E-state index in [9.17, 15) is 33.2 Å². The van der Waals surface area contributed by atoms with Crippen LogP contribution in [0.15, 0.2) is 76.5 Å². The maximum atomic E-state index is 13.3. The van der Waals surface area contributed by atoms with E-state index in [2.05, 4.69) is 0 Å². The average Bonchev–Trinajstić information content (AvgIpc) is 2.94. The number of nitrogens with zero attached hydrogens (tertiary/aromatic N) is 2. The second-order valence-electron chi connectivity index (χ2n) is 10.6. The van der Waals surface area contributed by atoms with E-state index in [0.717, 1.165) is 18.2 Å². The topological polar surface area (TPSA) is 153 Å². The summed E-state index contributed by atoms with van der Waals surface area (Å²) in [6.07, 6.45) is -1.34. The number of nitro benzene ring substituents is 1. The van der Waals surface area contributed by atoms with Crippen LogP contribution in [-0.4, -0.2) is 60.7 Å². The second kappa shape index (κ2) is 14.0. The number of amides is 1. The van der Waals surface area contributed by atoms with Gasteiger partial charge in [0.05, 0.1) is 34.0 Å². The Balaban J connectivity index is 1.81. The van der Waals surface area contributed by atoms with Crippen LogP contribution in [0.25, 0.3) is 0 Å². The van der Waals surface area contributed by atoms with Gasteiger partial charge in [-0.1, -0.05) is 35.9 Å². The van der Waals surface area contributed by atoms with Crippen LogP contribution in [-0.2, 0) is 25.7 Å². The third-order valence-corrected chi connectivity index (χ3v) is 8.16. The molecule has 0 radical (unpaired) electrons. The Labute approximate surface area is 255 Å². The van der Waals surface area contributed by atoms with Gasteiger partial charge in [-0.3, -0.25) is 10.1 Å². The molecule has 43 heavy (non-hydrogen) atoms. The third-order valence-electron chi connectivity index (χ3n) is 6.15. The summed E-state index contributed by atoms with van der Waals surface area (Å²) in [5.74, 6) is -1.00. The number of aliphatic hydroxyl groups is 1. The Bertz CT molecular complexity index is 1590. The summed E-state index contributed by atoms with van der Waals surface area (Å²) < 4.78 is 37.0. The molecule has 0 bridgehead atoms. The first-order chi connectivity index (χ1) is 20.1. The molecule has 1 atom stereocenters. The highest BCUT2D eigenvalue weighted by Gasteiger charge is 2.27. The summed E-state index contributed by atoms with van der Waals surface area (Å²) in [7, 11) is -4.14. The number of hydrogen-bond donors (Lipinski definition) is 1.